The van der Waals surface area contributed by atoms with Gasteiger partial charge in [-0.3, -0.25) is 9.59 Å². The highest BCUT2D eigenvalue weighted by molar-refractivity contribution is 5.85. The van der Waals surface area contributed by atoms with Crippen molar-refractivity contribution in [2.45, 2.75) is 26.3 Å². The Labute approximate surface area is 115 Å². The number of carbonyl (C=O) groups excluding carboxylic acids is 2. The minimum atomic E-state index is -0.113. The summed E-state index contributed by atoms with van der Waals surface area (Å²) >= 11 is 0. The molecule has 0 heterocycles. The van der Waals surface area contributed by atoms with Gasteiger partial charge in [-0.15, -0.1) is 12.4 Å². The summed E-state index contributed by atoms with van der Waals surface area (Å²) in [6.45, 7) is 5.62. The Morgan fingerprint density at radius 3 is 2.39 bits per heavy atom. The number of hydrogen-bond donors (Lipinski definition) is 3. The molecule has 0 spiro atoms. The molecule has 18 heavy (non-hydrogen) atoms. The summed E-state index contributed by atoms with van der Waals surface area (Å²) in [6, 6.07) is 0.133. The average molecular weight is 282 g/mol. The number of halogens is 1. The second-order valence-corrected chi connectivity index (χ2v) is 3.99. The predicted molar refractivity (Wildman–Crippen MR) is 72.9 cm³/mol. The Kier molecular flexibility index (Phi) is 13.6. The van der Waals surface area contributed by atoms with E-state index in [2.05, 4.69) is 16.0 Å². The van der Waals surface area contributed by atoms with Crippen LogP contribution in [-0.2, 0) is 14.3 Å². The minimum absolute atomic E-state index is 0. The van der Waals surface area contributed by atoms with Crippen LogP contribution in [0.1, 0.15) is 20.3 Å². The highest BCUT2D eigenvalue weighted by Gasteiger charge is 2.04. The van der Waals surface area contributed by atoms with Crippen LogP contribution in [0, 0.1) is 0 Å². The van der Waals surface area contributed by atoms with Gasteiger partial charge in [0.05, 0.1) is 13.2 Å². The molecule has 3 N–H and O–H groups in total. The third-order valence-electron chi connectivity index (χ3n) is 1.89. The van der Waals surface area contributed by atoms with E-state index in [0.29, 0.717) is 26.1 Å². The average Bonchev–Trinajstić information content (AvgIpc) is 2.23. The molecule has 0 aliphatic rings. The van der Waals surface area contributed by atoms with E-state index < -0.39 is 0 Å². The molecule has 7 heteroatoms. The first-order chi connectivity index (χ1) is 8.06. The van der Waals surface area contributed by atoms with Crippen molar-refractivity contribution in [3.63, 3.8) is 0 Å². The molecule has 0 unspecified atom stereocenters. The lowest BCUT2D eigenvalue weighted by Gasteiger charge is -2.09. The number of ether oxygens (including phenoxy) is 1. The Balaban J connectivity index is 0. The highest BCUT2D eigenvalue weighted by atomic mass is 35.5. The van der Waals surface area contributed by atoms with Crippen molar-refractivity contribution in [3.8, 4) is 0 Å². The van der Waals surface area contributed by atoms with Gasteiger partial charge >= 0.3 is 0 Å². The van der Waals surface area contributed by atoms with Gasteiger partial charge in [0.1, 0.15) is 0 Å². The van der Waals surface area contributed by atoms with E-state index in [9.17, 15) is 9.59 Å². The van der Waals surface area contributed by atoms with Crippen molar-refractivity contribution in [1.29, 1.82) is 0 Å². The summed E-state index contributed by atoms with van der Waals surface area (Å²) in [6.07, 6.45) is 0.308. The molecular formula is C11H24ClN3O3. The molecule has 0 saturated carbocycles. The SMILES string of the molecule is COCCNCC(=O)NCCC(=O)NC(C)C.Cl. The van der Waals surface area contributed by atoms with Gasteiger partial charge < -0.3 is 20.7 Å². The molecule has 0 aliphatic carbocycles. The lowest BCUT2D eigenvalue weighted by molar-refractivity contribution is -0.122. The molecule has 108 valence electrons. The summed E-state index contributed by atoms with van der Waals surface area (Å²) in [5.41, 5.74) is 0. The number of hydrogen-bond acceptors (Lipinski definition) is 4. The number of amides is 2. The van der Waals surface area contributed by atoms with Gasteiger partial charge in [0, 0.05) is 32.7 Å². The number of methoxy groups -OCH3 is 1. The Morgan fingerprint density at radius 1 is 1.17 bits per heavy atom. The highest BCUT2D eigenvalue weighted by Crippen LogP contribution is 1.82. The fourth-order valence-corrected chi connectivity index (χ4v) is 1.15. The maximum absolute atomic E-state index is 11.3. The standard InChI is InChI=1S/C11H23N3O3.ClH/c1-9(2)14-10(15)4-5-13-11(16)8-12-6-7-17-3;/h9,12H,4-8H2,1-3H3,(H,13,16)(H,14,15);1H. The molecule has 0 saturated heterocycles. The minimum Gasteiger partial charge on any atom is -0.383 e. The topological polar surface area (TPSA) is 79.5 Å². The van der Waals surface area contributed by atoms with E-state index in [1.807, 2.05) is 13.8 Å². The molecular weight excluding hydrogens is 258 g/mol. The summed E-state index contributed by atoms with van der Waals surface area (Å²) in [5.74, 6) is -0.161. The van der Waals surface area contributed by atoms with Gasteiger partial charge in [-0.1, -0.05) is 0 Å². The van der Waals surface area contributed by atoms with Crippen LogP contribution in [-0.4, -0.2) is 51.2 Å². The molecule has 2 amide bonds. The molecule has 0 fully saturated rings. The van der Waals surface area contributed by atoms with Crippen LogP contribution in [0.2, 0.25) is 0 Å². The molecule has 0 aliphatic heterocycles. The molecule has 0 rings (SSSR count). The number of carbonyl (C=O) groups is 2. The van der Waals surface area contributed by atoms with Crippen LogP contribution < -0.4 is 16.0 Å². The zero-order chi connectivity index (χ0) is 13.1. The van der Waals surface area contributed by atoms with Crippen LogP contribution in [0.3, 0.4) is 0 Å². The Bertz CT molecular complexity index is 238. The van der Waals surface area contributed by atoms with E-state index in [1.165, 1.54) is 0 Å². The second-order valence-electron chi connectivity index (χ2n) is 3.99. The van der Waals surface area contributed by atoms with E-state index in [1.54, 1.807) is 7.11 Å². The zero-order valence-corrected chi connectivity index (χ0v) is 12.1. The van der Waals surface area contributed by atoms with Crippen LogP contribution in [0.5, 0.6) is 0 Å². The number of nitrogens with one attached hydrogen (secondary N) is 3. The lowest BCUT2D eigenvalue weighted by Crippen LogP contribution is -2.38. The number of rotatable bonds is 9. The van der Waals surface area contributed by atoms with Crippen molar-refractivity contribution in [3.05, 3.63) is 0 Å². The largest absolute Gasteiger partial charge is 0.383 e. The molecule has 0 aromatic heterocycles. The van der Waals surface area contributed by atoms with Gasteiger partial charge in [-0.2, -0.15) is 0 Å². The smallest absolute Gasteiger partial charge is 0.233 e. The zero-order valence-electron chi connectivity index (χ0n) is 11.2. The van der Waals surface area contributed by atoms with E-state index in [-0.39, 0.29) is 36.8 Å². The molecule has 0 aromatic rings. The third-order valence-corrected chi connectivity index (χ3v) is 1.89. The van der Waals surface area contributed by atoms with Gasteiger partial charge in [-0.25, -0.2) is 0 Å². The van der Waals surface area contributed by atoms with Crippen molar-refractivity contribution in [1.82, 2.24) is 16.0 Å². The maximum atomic E-state index is 11.3. The molecule has 0 aromatic carbocycles. The second kappa shape index (κ2) is 12.6. The van der Waals surface area contributed by atoms with Gasteiger partial charge in [0.2, 0.25) is 11.8 Å². The Morgan fingerprint density at radius 2 is 1.83 bits per heavy atom. The van der Waals surface area contributed by atoms with Crippen molar-refractivity contribution in [2.75, 3.05) is 33.4 Å². The first kappa shape index (κ1) is 19.5. The third kappa shape index (κ3) is 13.2. The van der Waals surface area contributed by atoms with Gasteiger partial charge in [0.15, 0.2) is 0 Å². The predicted octanol–water partition coefficient (Wildman–Crippen LogP) is -0.325. The summed E-state index contributed by atoms with van der Waals surface area (Å²) in [4.78, 5) is 22.5. The molecule has 0 bridgehead atoms. The first-order valence-electron chi connectivity index (χ1n) is 5.82. The van der Waals surface area contributed by atoms with Crippen LogP contribution in [0.15, 0.2) is 0 Å². The summed E-state index contributed by atoms with van der Waals surface area (Å²) in [7, 11) is 1.61. The summed E-state index contributed by atoms with van der Waals surface area (Å²) in [5, 5.41) is 8.33. The maximum Gasteiger partial charge on any atom is 0.233 e. The van der Waals surface area contributed by atoms with E-state index >= 15 is 0 Å². The quantitative estimate of drug-likeness (QED) is 0.506. The molecule has 0 atom stereocenters. The lowest BCUT2D eigenvalue weighted by atomic mass is 10.3. The first-order valence-corrected chi connectivity index (χ1v) is 5.82. The molecule has 0 radical (unpaired) electrons. The van der Waals surface area contributed by atoms with Gasteiger partial charge in [0.25, 0.3) is 0 Å². The van der Waals surface area contributed by atoms with Crippen LogP contribution in [0.4, 0.5) is 0 Å². The normalized spacial score (nSPS) is 9.78. The fraction of sp³-hybridized carbons (Fsp3) is 0.818. The summed E-state index contributed by atoms with van der Waals surface area (Å²) < 4.78 is 4.83. The van der Waals surface area contributed by atoms with Gasteiger partial charge in [-0.05, 0) is 13.8 Å². The van der Waals surface area contributed by atoms with Crippen molar-refractivity contribution >= 4 is 24.2 Å². The monoisotopic (exact) mass is 281 g/mol. The van der Waals surface area contributed by atoms with Crippen molar-refractivity contribution < 1.29 is 14.3 Å². The van der Waals surface area contributed by atoms with Crippen LogP contribution >= 0.6 is 12.4 Å². The molecule has 6 nitrogen and oxygen atoms in total. The van der Waals surface area contributed by atoms with Crippen molar-refractivity contribution in [2.24, 2.45) is 0 Å². The van der Waals surface area contributed by atoms with Crippen LogP contribution in [0.25, 0.3) is 0 Å². The Hall–Kier alpha value is -0.850. The van der Waals surface area contributed by atoms with E-state index in [0.717, 1.165) is 0 Å². The fourth-order valence-electron chi connectivity index (χ4n) is 1.15. The van der Waals surface area contributed by atoms with E-state index in [4.69, 9.17) is 4.74 Å².